The normalized spacial score (nSPS) is 51.1. The second-order valence-electron chi connectivity index (χ2n) is 11.9. The summed E-state index contributed by atoms with van der Waals surface area (Å²) in [4.78, 5) is 18.3. The molecule has 2 heterocycles. The molecule has 0 aromatic carbocycles. The molecule has 2 saturated heterocycles. The summed E-state index contributed by atoms with van der Waals surface area (Å²) in [5.41, 5.74) is 1.61. The molecule has 7 heteroatoms. The average molecular weight is 446 g/mol. The highest BCUT2D eigenvalue weighted by molar-refractivity contribution is 6.70. The molecule has 5 fully saturated rings. The highest BCUT2D eigenvalue weighted by Gasteiger charge is 2.82. The summed E-state index contributed by atoms with van der Waals surface area (Å²) in [5.74, 6) is 1.32. The van der Waals surface area contributed by atoms with Crippen LogP contribution in [0.2, 0.25) is 19.6 Å². The van der Waals surface area contributed by atoms with Crippen LogP contribution in [-0.2, 0) is 23.5 Å². The van der Waals surface area contributed by atoms with E-state index >= 15 is 0 Å². The number of ether oxygens (including phenoxy) is 2. The van der Waals surface area contributed by atoms with Crippen molar-refractivity contribution in [3.05, 3.63) is 11.6 Å². The molecule has 6 aliphatic rings. The number of rotatable bonds is 3. The molecule has 1 spiro atoms. The zero-order chi connectivity index (χ0) is 21.8. The van der Waals surface area contributed by atoms with Gasteiger partial charge in [0.1, 0.15) is 7.11 Å². The van der Waals surface area contributed by atoms with Crippen molar-refractivity contribution in [2.45, 2.75) is 89.5 Å². The van der Waals surface area contributed by atoms with Gasteiger partial charge in [-0.2, -0.15) is 0 Å². The van der Waals surface area contributed by atoms with Crippen LogP contribution in [0.5, 0.6) is 0 Å². The van der Waals surface area contributed by atoms with Gasteiger partial charge < -0.3 is 18.7 Å². The fraction of sp³-hybridized carbons (Fsp3) is 0.833. The van der Waals surface area contributed by atoms with E-state index in [1.165, 1.54) is 5.57 Å². The topological polar surface area (TPSA) is 66.4 Å². The molecule has 2 aliphatic heterocycles. The van der Waals surface area contributed by atoms with Gasteiger partial charge in [0.2, 0.25) is 6.29 Å². The van der Waals surface area contributed by atoms with E-state index in [2.05, 4.69) is 37.8 Å². The van der Waals surface area contributed by atoms with Crippen LogP contribution in [0, 0.1) is 28.6 Å². The summed E-state index contributed by atoms with van der Waals surface area (Å²) in [6.07, 6.45) is 9.03. The maximum atomic E-state index is 13.2. The van der Waals surface area contributed by atoms with Gasteiger partial charge in [0.25, 0.3) is 0 Å². The van der Waals surface area contributed by atoms with Crippen molar-refractivity contribution in [3.63, 3.8) is 0 Å². The fourth-order valence-corrected chi connectivity index (χ4v) is 10.2. The molecule has 170 valence electrons. The minimum Gasteiger partial charge on any atom is -0.433 e. The van der Waals surface area contributed by atoms with Gasteiger partial charge in [-0.15, -0.1) is 0 Å². The molecule has 6 rings (SSSR count). The van der Waals surface area contributed by atoms with Crippen LogP contribution in [0.3, 0.4) is 0 Å². The molecule has 2 unspecified atom stereocenters. The maximum absolute atomic E-state index is 13.2. The lowest BCUT2D eigenvalue weighted by molar-refractivity contribution is -0.175. The first kappa shape index (κ1) is 20.4. The monoisotopic (exact) mass is 445 g/mol. The lowest BCUT2D eigenvalue weighted by Crippen LogP contribution is -2.60. The van der Waals surface area contributed by atoms with Crippen LogP contribution in [-0.4, -0.2) is 45.1 Å². The van der Waals surface area contributed by atoms with E-state index in [1.54, 1.807) is 7.11 Å². The Balaban J connectivity index is 1.42. The van der Waals surface area contributed by atoms with Crippen molar-refractivity contribution in [2.75, 3.05) is 7.11 Å². The van der Waals surface area contributed by atoms with Crippen molar-refractivity contribution < 1.29 is 23.5 Å². The van der Waals surface area contributed by atoms with Gasteiger partial charge in [-0.05, 0) is 93.8 Å². The van der Waals surface area contributed by atoms with Gasteiger partial charge in [0.05, 0.1) is 17.2 Å². The zero-order valence-electron chi connectivity index (χ0n) is 19.4. The van der Waals surface area contributed by atoms with Crippen LogP contribution >= 0.6 is 0 Å². The van der Waals surface area contributed by atoms with Crippen LogP contribution in [0.1, 0.15) is 51.9 Å². The Morgan fingerprint density at radius 2 is 2.00 bits per heavy atom. The summed E-state index contributed by atoms with van der Waals surface area (Å²) in [5, 5.41) is 4.23. The Labute approximate surface area is 185 Å². The van der Waals surface area contributed by atoms with Gasteiger partial charge in [-0.1, -0.05) is 17.7 Å². The molecular weight excluding hydrogens is 410 g/mol. The number of hydrogen-bond donors (Lipinski definition) is 0. The van der Waals surface area contributed by atoms with Crippen molar-refractivity contribution in [3.8, 4) is 0 Å². The van der Waals surface area contributed by atoms with E-state index in [0.29, 0.717) is 17.8 Å². The third-order valence-corrected chi connectivity index (χ3v) is 10.5. The smallest absolute Gasteiger partial charge is 0.340 e. The van der Waals surface area contributed by atoms with E-state index in [4.69, 9.17) is 18.7 Å². The molecule has 8 atom stereocenters. The lowest BCUT2D eigenvalue weighted by atomic mass is 9.46. The largest absolute Gasteiger partial charge is 0.433 e. The number of carbonyl (C=O) groups is 1. The third kappa shape index (κ3) is 2.41. The van der Waals surface area contributed by atoms with Crippen LogP contribution in [0.4, 0.5) is 0 Å². The van der Waals surface area contributed by atoms with E-state index in [-0.39, 0.29) is 22.9 Å². The average Bonchev–Trinajstić information content (AvgIpc) is 3.24. The van der Waals surface area contributed by atoms with Crippen LogP contribution in [0.15, 0.2) is 16.8 Å². The number of hydrogen-bond acceptors (Lipinski definition) is 6. The third-order valence-electron chi connectivity index (χ3n) is 9.55. The first-order valence-electron chi connectivity index (χ1n) is 12.0. The van der Waals surface area contributed by atoms with E-state index in [0.717, 1.165) is 50.7 Å². The second-order valence-corrected chi connectivity index (χ2v) is 16.4. The number of carbonyl (C=O) groups excluding carboxylic acids is 1. The quantitative estimate of drug-likeness (QED) is 0.366. The predicted molar refractivity (Wildman–Crippen MR) is 118 cm³/mol. The van der Waals surface area contributed by atoms with Gasteiger partial charge in [0, 0.05) is 0 Å². The number of esters is 1. The van der Waals surface area contributed by atoms with Gasteiger partial charge in [0.15, 0.2) is 13.9 Å². The summed E-state index contributed by atoms with van der Waals surface area (Å²) in [7, 11) is -0.321. The summed E-state index contributed by atoms with van der Waals surface area (Å²) in [6.45, 7) is 9.00. The van der Waals surface area contributed by atoms with E-state index in [9.17, 15) is 4.79 Å². The minimum atomic E-state index is -1.94. The molecule has 0 aromatic rings. The number of allylic oxidation sites excluding steroid dienone is 2. The van der Waals surface area contributed by atoms with Crippen LogP contribution in [0.25, 0.3) is 0 Å². The number of nitrogens with zero attached hydrogens (tertiary/aromatic N) is 1. The molecule has 0 N–H and O–H groups in total. The van der Waals surface area contributed by atoms with Gasteiger partial charge >= 0.3 is 5.97 Å². The summed E-state index contributed by atoms with van der Waals surface area (Å²) >= 11 is 0. The maximum Gasteiger partial charge on any atom is 0.340 e. The highest BCUT2D eigenvalue weighted by Crippen LogP contribution is 2.75. The molecule has 6 nitrogen and oxygen atoms in total. The Kier molecular flexibility index (Phi) is 4.11. The summed E-state index contributed by atoms with van der Waals surface area (Å²) < 4.78 is 19.4. The first-order chi connectivity index (χ1) is 14.6. The van der Waals surface area contributed by atoms with E-state index in [1.807, 2.05) is 0 Å². The Morgan fingerprint density at radius 3 is 2.74 bits per heavy atom. The van der Waals surface area contributed by atoms with Gasteiger partial charge in [-0.3, -0.25) is 0 Å². The molecule has 2 bridgehead atoms. The molecule has 0 radical (unpaired) electrons. The standard InChI is InChI=1S/C24H35NO5Si/c1-22-10-8-15(25-27-2)12-14(22)6-7-16-17-9-11-24(30-31(3,4)5)20(26)29-21-23(17,24)13-18(28-21)19(16)22/h12,16-19,21H,6-11,13H2,1-5H3/t16?,17-,18-,19+,21?,22-,23-,24-/m0/s1. The molecule has 0 amide bonds. The number of fused-ring (bicyclic) bond motifs is 6. The zero-order valence-corrected chi connectivity index (χ0v) is 20.4. The van der Waals surface area contributed by atoms with Crippen LogP contribution < -0.4 is 0 Å². The van der Waals surface area contributed by atoms with Crippen molar-refractivity contribution in [1.29, 1.82) is 0 Å². The SMILES string of the molecule is CON=C1C=C2CCC3[C@H]([C@@H]4C[C@]56C(OC(=O)[C@@]5(O[Si](C)(C)C)CC[C@@H]36)O4)[C@@]2(C)CC1. The predicted octanol–water partition coefficient (Wildman–Crippen LogP) is 4.41. The lowest BCUT2D eigenvalue weighted by Gasteiger charge is -2.57. The Hall–Kier alpha value is -1.18. The molecule has 0 aromatic heterocycles. The number of oxime groups is 1. The van der Waals surface area contributed by atoms with Crippen molar-refractivity contribution in [1.82, 2.24) is 0 Å². The first-order valence-corrected chi connectivity index (χ1v) is 15.4. The molecule has 4 aliphatic carbocycles. The fourth-order valence-electron chi connectivity index (χ4n) is 8.75. The minimum absolute atomic E-state index is 0.121. The second kappa shape index (κ2) is 6.23. The highest BCUT2D eigenvalue weighted by atomic mass is 28.4. The molecular formula is C24H35NO5Si. The van der Waals surface area contributed by atoms with Gasteiger partial charge in [-0.25, -0.2) is 4.79 Å². The Morgan fingerprint density at radius 1 is 1.19 bits per heavy atom. The molecule has 31 heavy (non-hydrogen) atoms. The van der Waals surface area contributed by atoms with Crippen molar-refractivity contribution in [2.24, 2.45) is 33.7 Å². The summed E-state index contributed by atoms with van der Waals surface area (Å²) in [6, 6.07) is 0. The molecule has 3 saturated carbocycles. The van der Waals surface area contributed by atoms with E-state index < -0.39 is 20.2 Å². The Bertz CT molecular complexity index is 895. The van der Waals surface area contributed by atoms with Crippen molar-refractivity contribution >= 4 is 20.0 Å².